The number of nitrogens with one attached hydrogen (secondary N) is 1. The van der Waals surface area contributed by atoms with Gasteiger partial charge < -0.3 is 19.9 Å². The molecule has 3 N–H and O–H groups in total. The Kier molecular flexibility index (Phi) is 9.47. The van der Waals surface area contributed by atoms with Crippen molar-refractivity contribution in [1.29, 1.82) is 0 Å². The number of hydrogen-bond donors (Lipinski definition) is 3. The standard InChI is InChI=1S/C21H23FN4O2S.C2H2O4/c22-17-5-3-16(4-6-17)12-23-20(27)13-25-7-9-26(10-8-25)14-21-24-18(15-29-21)19-2-1-11-28-19;3-1(4)2(5)6/h1-6,11,15H,7-10,12-14H2,(H,23,27);(H,3,4)(H,5,6). The molecule has 35 heavy (non-hydrogen) atoms. The topological polar surface area (TPSA) is 136 Å². The highest BCUT2D eigenvalue weighted by molar-refractivity contribution is 7.09. The number of carbonyl (C=O) groups is 3. The number of thiazole rings is 1. The van der Waals surface area contributed by atoms with Crippen molar-refractivity contribution in [2.75, 3.05) is 32.7 Å². The van der Waals surface area contributed by atoms with E-state index >= 15 is 0 Å². The molecular weight excluding hydrogens is 479 g/mol. The maximum absolute atomic E-state index is 12.9. The van der Waals surface area contributed by atoms with E-state index in [2.05, 4.69) is 20.1 Å². The zero-order valence-electron chi connectivity index (χ0n) is 18.7. The normalized spacial score (nSPS) is 14.1. The van der Waals surface area contributed by atoms with E-state index in [-0.39, 0.29) is 11.7 Å². The van der Waals surface area contributed by atoms with Gasteiger partial charge in [0.1, 0.15) is 16.5 Å². The second-order valence-electron chi connectivity index (χ2n) is 7.67. The highest BCUT2D eigenvalue weighted by Gasteiger charge is 2.20. The van der Waals surface area contributed by atoms with Crippen molar-refractivity contribution in [3.8, 4) is 11.5 Å². The summed E-state index contributed by atoms with van der Waals surface area (Å²) < 4.78 is 18.3. The average molecular weight is 505 g/mol. The summed E-state index contributed by atoms with van der Waals surface area (Å²) in [7, 11) is 0. The van der Waals surface area contributed by atoms with Crippen molar-refractivity contribution >= 4 is 29.2 Å². The molecule has 0 unspecified atom stereocenters. The maximum atomic E-state index is 12.9. The molecule has 0 bridgehead atoms. The monoisotopic (exact) mass is 504 g/mol. The molecule has 0 aliphatic carbocycles. The van der Waals surface area contributed by atoms with E-state index in [1.54, 1.807) is 29.7 Å². The van der Waals surface area contributed by atoms with E-state index < -0.39 is 11.9 Å². The third kappa shape index (κ3) is 8.59. The molecule has 1 aromatic carbocycles. The van der Waals surface area contributed by atoms with Crippen LogP contribution < -0.4 is 5.32 Å². The summed E-state index contributed by atoms with van der Waals surface area (Å²) in [5, 5.41) is 20.8. The zero-order chi connectivity index (χ0) is 25.2. The SMILES string of the molecule is O=C(CN1CCN(Cc2nc(-c3ccco3)cs2)CC1)NCc1ccc(F)cc1.O=C(O)C(=O)O. The summed E-state index contributed by atoms with van der Waals surface area (Å²) >= 11 is 1.64. The second kappa shape index (κ2) is 12.7. The Labute approximate surface area is 204 Å². The van der Waals surface area contributed by atoms with Gasteiger partial charge in [0.05, 0.1) is 19.4 Å². The molecule has 4 rings (SSSR count). The molecule has 0 atom stereocenters. The summed E-state index contributed by atoms with van der Waals surface area (Å²) in [6, 6.07) is 9.96. The summed E-state index contributed by atoms with van der Waals surface area (Å²) in [5.41, 5.74) is 1.77. The fraction of sp³-hybridized carbons (Fsp3) is 0.304. The van der Waals surface area contributed by atoms with Gasteiger partial charge in [-0.1, -0.05) is 12.1 Å². The summed E-state index contributed by atoms with van der Waals surface area (Å²) in [6.07, 6.45) is 1.66. The summed E-state index contributed by atoms with van der Waals surface area (Å²) in [4.78, 5) is 39.6. The number of amides is 1. The third-order valence-electron chi connectivity index (χ3n) is 5.10. The number of benzene rings is 1. The van der Waals surface area contributed by atoms with E-state index in [0.29, 0.717) is 13.1 Å². The highest BCUT2D eigenvalue weighted by Crippen LogP contribution is 2.23. The predicted octanol–water partition coefficient (Wildman–Crippen LogP) is 2.13. The molecule has 0 radical (unpaired) electrons. The van der Waals surface area contributed by atoms with E-state index in [1.807, 2.05) is 17.5 Å². The highest BCUT2D eigenvalue weighted by atomic mass is 32.1. The van der Waals surface area contributed by atoms with Gasteiger partial charge in [0, 0.05) is 38.1 Å². The van der Waals surface area contributed by atoms with Crippen LogP contribution >= 0.6 is 11.3 Å². The first kappa shape index (κ1) is 26.0. The minimum Gasteiger partial charge on any atom is -0.473 e. The molecule has 1 fully saturated rings. The Balaban J connectivity index is 0.000000509. The van der Waals surface area contributed by atoms with Crippen LogP contribution in [0, 0.1) is 5.82 Å². The molecule has 1 amide bonds. The van der Waals surface area contributed by atoms with Crippen molar-refractivity contribution in [3.63, 3.8) is 0 Å². The zero-order valence-corrected chi connectivity index (χ0v) is 19.5. The van der Waals surface area contributed by atoms with Crippen LogP contribution in [0.4, 0.5) is 4.39 Å². The third-order valence-corrected chi connectivity index (χ3v) is 5.94. The van der Waals surface area contributed by atoms with Crippen molar-refractivity contribution in [2.24, 2.45) is 0 Å². The first-order valence-electron chi connectivity index (χ1n) is 10.7. The van der Waals surface area contributed by atoms with Gasteiger partial charge in [-0.2, -0.15) is 0 Å². The smallest absolute Gasteiger partial charge is 0.414 e. The average Bonchev–Trinajstić information content (AvgIpc) is 3.53. The fourth-order valence-corrected chi connectivity index (χ4v) is 4.10. The minimum absolute atomic E-state index is 0.00853. The van der Waals surface area contributed by atoms with Gasteiger partial charge >= 0.3 is 11.9 Å². The van der Waals surface area contributed by atoms with Gasteiger partial charge in [-0.3, -0.25) is 14.6 Å². The Morgan fingerprint density at radius 3 is 2.29 bits per heavy atom. The molecule has 10 nitrogen and oxygen atoms in total. The van der Waals surface area contributed by atoms with Crippen LogP contribution in [0.15, 0.2) is 52.5 Å². The second-order valence-corrected chi connectivity index (χ2v) is 8.61. The molecule has 186 valence electrons. The van der Waals surface area contributed by atoms with E-state index in [0.717, 1.165) is 54.7 Å². The number of piperazine rings is 1. The van der Waals surface area contributed by atoms with E-state index in [4.69, 9.17) is 24.2 Å². The van der Waals surface area contributed by atoms with Crippen LogP contribution in [0.2, 0.25) is 0 Å². The number of nitrogens with zero attached hydrogens (tertiary/aromatic N) is 3. The number of carboxylic acids is 2. The van der Waals surface area contributed by atoms with Crippen molar-refractivity contribution in [1.82, 2.24) is 20.1 Å². The van der Waals surface area contributed by atoms with Crippen LogP contribution in [0.3, 0.4) is 0 Å². The number of halogens is 1. The molecule has 2 aromatic heterocycles. The Morgan fingerprint density at radius 2 is 1.69 bits per heavy atom. The summed E-state index contributed by atoms with van der Waals surface area (Å²) in [5.74, 6) is -3.13. The molecular formula is C23H25FN4O6S. The lowest BCUT2D eigenvalue weighted by Gasteiger charge is -2.33. The van der Waals surface area contributed by atoms with Gasteiger partial charge in [0.15, 0.2) is 5.76 Å². The quantitative estimate of drug-likeness (QED) is 0.413. The van der Waals surface area contributed by atoms with E-state index in [9.17, 15) is 9.18 Å². The molecule has 1 saturated heterocycles. The van der Waals surface area contributed by atoms with Gasteiger partial charge in [0.2, 0.25) is 5.91 Å². The van der Waals surface area contributed by atoms with E-state index in [1.165, 1.54) is 12.1 Å². The Morgan fingerprint density at radius 1 is 1.03 bits per heavy atom. The minimum atomic E-state index is -1.82. The van der Waals surface area contributed by atoms with Crippen LogP contribution in [-0.4, -0.2) is 75.6 Å². The number of aliphatic carboxylic acids is 2. The number of aromatic nitrogens is 1. The van der Waals surface area contributed by atoms with Crippen molar-refractivity contribution in [2.45, 2.75) is 13.1 Å². The largest absolute Gasteiger partial charge is 0.473 e. The molecule has 1 aliphatic rings. The van der Waals surface area contributed by atoms with Crippen LogP contribution in [0.5, 0.6) is 0 Å². The summed E-state index contributed by atoms with van der Waals surface area (Å²) in [6.45, 7) is 5.12. The number of rotatable bonds is 7. The van der Waals surface area contributed by atoms with Crippen LogP contribution in [0.1, 0.15) is 10.6 Å². The number of furan rings is 1. The lowest BCUT2D eigenvalue weighted by Crippen LogP contribution is -2.49. The number of carbonyl (C=O) groups excluding carboxylic acids is 1. The Hall–Kier alpha value is -3.61. The Bertz CT molecular complexity index is 1100. The molecule has 3 aromatic rings. The molecule has 0 spiro atoms. The van der Waals surface area contributed by atoms with Crippen LogP contribution in [-0.2, 0) is 27.5 Å². The predicted molar refractivity (Wildman–Crippen MR) is 125 cm³/mol. The lowest BCUT2D eigenvalue weighted by atomic mass is 10.2. The maximum Gasteiger partial charge on any atom is 0.414 e. The van der Waals surface area contributed by atoms with Gasteiger partial charge in [-0.05, 0) is 29.8 Å². The van der Waals surface area contributed by atoms with Gasteiger partial charge in [0.25, 0.3) is 0 Å². The molecule has 1 aliphatic heterocycles. The molecule has 0 saturated carbocycles. The lowest BCUT2D eigenvalue weighted by molar-refractivity contribution is -0.159. The number of carboxylic acid groups (broad SMARTS) is 2. The van der Waals surface area contributed by atoms with Gasteiger partial charge in [-0.25, -0.2) is 19.0 Å². The van der Waals surface area contributed by atoms with Gasteiger partial charge in [-0.15, -0.1) is 11.3 Å². The molecule has 3 heterocycles. The molecule has 12 heteroatoms. The van der Waals surface area contributed by atoms with Crippen LogP contribution in [0.25, 0.3) is 11.5 Å². The first-order valence-corrected chi connectivity index (χ1v) is 11.6. The first-order chi connectivity index (χ1) is 16.8. The fourth-order valence-electron chi connectivity index (χ4n) is 3.28. The van der Waals surface area contributed by atoms with Crippen molar-refractivity contribution in [3.05, 3.63) is 64.4 Å². The van der Waals surface area contributed by atoms with Crippen molar-refractivity contribution < 1.29 is 33.4 Å². The number of hydrogen-bond acceptors (Lipinski definition) is 8.